The van der Waals surface area contributed by atoms with Gasteiger partial charge in [0.25, 0.3) is 0 Å². The van der Waals surface area contributed by atoms with Gasteiger partial charge in [-0.05, 0) is 19.3 Å². The third kappa shape index (κ3) is 3.94. The lowest BCUT2D eigenvalue weighted by molar-refractivity contribution is 0.112. The summed E-state index contributed by atoms with van der Waals surface area (Å²) >= 11 is 0. The van der Waals surface area contributed by atoms with E-state index in [1.807, 2.05) is 11.9 Å². The number of unbranched alkanes of at least 4 members (excludes halogenated alkanes) is 2. The highest BCUT2D eigenvalue weighted by atomic mass is 16.2. The molecule has 1 aromatic heterocycles. The molecule has 0 radical (unpaired) electrons. The third-order valence-electron chi connectivity index (χ3n) is 2.29. The number of aldehydes is 1. The number of hydrogen-bond donors (Lipinski definition) is 1. The molecule has 0 saturated carbocycles. The molecule has 0 aromatic carbocycles. The highest BCUT2D eigenvalue weighted by Gasteiger charge is 2.03. The maximum Gasteiger partial charge on any atom is 0.225 e. The number of aliphatic hydroxyl groups excluding tert-OH is 1. The van der Waals surface area contributed by atoms with Gasteiger partial charge in [0.05, 0.1) is 5.56 Å². The Balaban J connectivity index is 2.39. The number of hydrogen-bond acceptors (Lipinski definition) is 5. The molecule has 0 aliphatic carbocycles. The van der Waals surface area contributed by atoms with Crippen molar-refractivity contribution in [1.82, 2.24) is 9.97 Å². The van der Waals surface area contributed by atoms with Gasteiger partial charge in [-0.15, -0.1) is 0 Å². The lowest BCUT2D eigenvalue weighted by Gasteiger charge is -2.16. The van der Waals surface area contributed by atoms with E-state index in [-0.39, 0.29) is 6.61 Å². The van der Waals surface area contributed by atoms with Gasteiger partial charge in [-0.2, -0.15) is 0 Å². The number of anilines is 1. The first-order valence-corrected chi connectivity index (χ1v) is 5.37. The van der Waals surface area contributed by atoms with Crippen molar-refractivity contribution in [3.05, 3.63) is 18.0 Å². The fourth-order valence-corrected chi connectivity index (χ4v) is 1.33. The number of carbonyl (C=O) groups is 1. The molecule has 0 saturated heterocycles. The Labute approximate surface area is 95.1 Å². The summed E-state index contributed by atoms with van der Waals surface area (Å²) < 4.78 is 0. The second kappa shape index (κ2) is 6.90. The van der Waals surface area contributed by atoms with Gasteiger partial charge < -0.3 is 10.0 Å². The van der Waals surface area contributed by atoms with E-state index >= 15 is 0 Å². The van der Waals surface area contributed by atoms with Gasteiger partial charge in [0.15, 0.2) is 6.29 Å². The number of rotatable bonds is 7. The Bertz CT molecular complexity index is 314. The van der Waals surface area contributed by atoms with E-state index in [1.165, 1.54) is 12.4 Å². The topological polar surface area (TPSA) is 66.3 Å². The summed E-state index contributed by atoms with van der Waals surface area (Å²) in [4.78, 5) is 20.5. The second-order valence-electron chi connectivity index (χ2n) is 3.64. The van der Waals surface area contributed by atoms with Crippen molar-refractivity contribution in [3.63, 3.8) is 0 Å². The molecule has 1 rings (SSSR count). The van der Waals surface area contributed by atoms with Crippen molar-refractivity contribution >= 4 is 12.2 Å². The van der Waals surface area contributed by atoms with Crippen LogP contribution in [0.2, 0.25) is 0 Å². The lowest BCUT2D eigenvalue weighted by Crippen LogP contribution is -2.21. The fourth-order valence-electron chi connectivity index (χ4n) is 1.33. The summed E-state index contributed by atoms with van der Waals surface area (Å²) in [6.45, 7) is 1.09. The normalized spacial score (nSPS) is 10.1. The van der Waals surface area contributed by atoms with Gasteiger partial charge in [0.2, 0.25) is 5.95 Å². The maximum absolute atomic E-state index is 10.4. The number of aromatic nitrogens is 2. The van der Waals surface area contributed by atoms with Crippen molar-refractivity contribution in [2.24, 2.45) is 0 Å². The SMILES string of the molecule is CN(CCCCCO)c1ncc(C=O)cn1. The van der Waals surface area contributed by atoms with Crippen molar-refractivity contribution in [2.75, 3.05) is 25.1 Å². The minimum atomic E-state index is 0.244. The maximum atomic E-state index is 10.4. The van der Waals surface area contributed by atoms with E-state index < -0.39 is 0 Å². The van der Waals surface area contributed by atoms with Crippen LogP contribution in [0.25, 0.3) is 0 Å². The lowest BCUT2D eigenvalue weighted by atomic mass is 10.2. The minimum absolute atomic E-state index is 0.244. The van der Waals surface area contributed by atoms with E-state index in [9.17, 15) is 4.79 Å². The van der Waals surface area contributed by atoms with Gasteiger partial charge in [0, 0.05) is 32.6 Å². The molecule has 0 amide bonds. The summed E-state index contributed by atoms with van der Waals surface area (Å²) in [5.74, 6) is 0.620. The molecule has 0 aliphatic heterocycles. The van der Waals surface area contributed by atoms with E-state index in [1.54, 1.807) is 0 Å². The molecular weight excluding hydrogens is 206 g/mol. The average Bonchev–Trinajstić information content (AvgIpc) is 2.34. The number of nitrogens with zero attached hydrogens (tertiary/aromatic N) is 3. The molecule has 0 spiro atoms. The Hall–Kier alpha value is -1.49. The molecular formula is C11H17N3O2. The summed E-state index contributed by atoms with van der Waals surface area (Å²) in [7, 11) is 1.91. The molecule has 5 nitrogen and oxygen atoms in total. The fraction of sp³-hybridized carbons (Fsp3) is 0.545. The van der Waals surface area contributed by atoms with Crippen molar-refractivity contribution in [2.45, 2.75) is 19.3 Å². The smallest absolute Gasteiger partial charge is 0.225 e. The minimum Gasteiger partial charge on any atom is -0.396 e. The van der Waals surface area contributed by atoms with Crippen LogP contribution in [0.5, 0.6) is 0 Å². The molecule has 1 heterocycles. The van der Waals surface area contributed by atoms with Gasteiger partial charge >= 0.3 is 0 Å². The molecule has 0 aliphatic rings. The Morgan fingerprint density at radius 2 is 2.00 bits per heavy atom. The summed E-state index contributed by atoms with van der Waals surface area (Å²) in [5.41, 5.74) is 0.484. The zero-order valence-electron chi connectivity index (χ0n) is 9.46. The van der Waals surface area contributed by atoms with Crippen LogP contribution < -0.4 is 4.90 Å². The summed E-state index contributed by atoms with van der Waals surface area (Å²) in [6, 6.07) is 0. The second-order valence-corrected chi connectivity index (χ2v) is 3.64. The molecule has 0 bridgehead atoms. The molecule has 1 N–H and O–H groups in total. The van der Waals surface area contributed by atoms with Gasteiger partial charge in [-0.1, -0.05) is 0 Å². The zero-order chi connectivity index (χ0) is 11.8. The highest BCUT2D eigenvalue weighted by Crippen LogP contribution is 2.06. The molecule has 5 heteroatoms. The largest absolute Gasteiger partial charge is 0.396 e. The average molecular weight is 223 g/mol. The predicted molar refractivity (Wildman–Crippen MR) is 61.6 cm³/mol. The van der Waals surface area contributed by atoms with E-state index in [2.05, 4.69) is 9.97 Å². The molecule has 0 fully saturated rings. The summed E-state index contributed by atoms with van der Waals surface area (Å²) in [6.07, 6.45) is 6.58. The number of carbonyl (C=O) groups excluding carboxylic acids is 1. The van der Waals surface area contributed by atoms with E-state index in [0.717, 1.165) is 32.1 Å². The Kier molecular flexibility index (Phi) is 5.42. The number of aliphatic hydroxyl groups is 1. The molecule has 16 heavy (non-hydrogen) atoms. The van der Waals surface area contributed by atoms with Crippen LogP contribution in [0.4, 0.5) is 5.95 Å². The third-order valence-corrected chi connectivity index (χ3v) is 2.29. The van der Waals surface area contributed by atoms with Crippen LogP contribution in [-0.4, -0.2) is 41.6 Å². The van der Waals surface area contributed by atoms with Crippen LogP contribution in [0.15, 0.2) is 12.4 Å². The van der Waals surface area contributed by atoms with E-state index in [4.69, 9.17) is 5.11 Å². The van der Waals surface area contributed by atoms with Crippen LogP contribution in [0, 0.1) is 0 Å². The predicted octanol–water partition coefficient (Wildman–Crippen LogP) is 0.888. The Morgan fingerprint density at radius 1 is 1.31 bits per heavy atom. The molecule has 88 valence electrons. The van der Waals surface area contributed by atoms with E-state index in [0.29, 0.717) is 11.5 Å². The van der Waals surface area contributed by atoms with Crippen molar-refractivity contribution in [1.29, 1.82) is 0 Å². The van der Waals surface area contributed by atoms with Gasteiger partial charge in [-0.3, -0.25) is 4.79 Å². The first-order valence-electron chi connectivity index (χ1n) is 5.37. The summed E-state index contributed by atoms with van der Waals surface area (Å²) in [5, 5.41) is 8.63. The first kappa shape index (κ1) is 12.6. The zero-order valence-corrected chi connectivity index (χ0v) is 9.46. The van der Waals surface area contributed by atoms with Crippen LogP contribution in [0.1, 0.15) is 29.6 Å². The molecule has 1 aromatic rings. The molecule has 0 atom stereocenters. The van der Waals surface area contributed by atoms with Crippen LogP contribution >= 0.6 is 0 Å². The monoisotopic (exact) mass is 223 g/mol. The standard InChI is InChI=1S/C11H17N3O2/c1-14(5-3-2-4-6-15)11-12-7-10(9-16)8-13-11/h7-9,15H,2-6H2,1H3. The van der Waals surface area contributed by atoms with Crippen LogP contribution in [0.3, 0.4) is 0 Å². The van der Waals surface area contributed by atoms with Crippen LogP contribution in [-0.2, 0) is 0 Å². The van der Waals surface area contributed by atoms with Crippen molar-refractivity contribution in [3.8, 4) is 0 Å². The van der Waals surface area contributed by atoms with Gasteiger partial charge in [-0.25, -0.2) is 9.97 Å². The first-order chi connectivity index (χ1) is 7.77. The highest BCUT2D eigenvalue weighted by molar-refractivity contribution is 5.73. The Morgan fingerprint density at radius 3 is 2.56 bits per heavy atom. The van der Waals surface area contributed by atoms with Crippen molar-refractivity contribution < 1.29 is 9.90 Å². The molecule has 0 unspecified atom stereocenters. The van der Waals surface area contributed by atoms with Gasteiger partial charge in [0.1, 0.15) is 0 Å². The quantitative estimate of drug-likeness (QED) is 0.549.